The van der Waals surface area contributed by atoms with Gasteiger partial charge in [-0.3, -0.25) is 14.9 Å². The first-order chi connectivity index (χ1) is 8.75. The van der Waals surface area contributed by atoms with Crippen molar-refractivity contribution >= 4 is 23.5 Å². The minimum Gasteiger partial charge on any atom is -0.276 e. The van der Waals surface area contributed by atoms with Crippen LogP contribution in [0.4, 0.5) is 14.9 Å². The molecule has 0 unspecified atom stereocenters. The fourth-order valence-electron chi connectivity index (χ4n) is 1.79. The Morgan fingerprint density at radius 2 is 1.84 bits per heavy atom. The summed E-state index contributed by atoms with van der Waals surface area (Å²) in [5.74, 6) is -2.13. The van der Waals surface area contributed by atoms with E-state index in [0.717, 1.165) is 0 Å². The Morgan fingerprint density at radius 3 is 2.47 bits per heavy atom. The van der Waals surface area contributed by atoms with Crippen LogP contribution in [0.5, 0.6) is 0 Å². The van der Waals surface area contributed by atoms with Gasteiger partial charge in [0.2, 0.25) is 11.8 Å². The van der Waals surface area contributed by atoms with Gasteiger partial charge in [0, 0.05) is 0 Å². The Hall–Kier alpha value is -2.24. The molecule has 1 aliphatic rings. The van der Waals surface area contributed by atoms with E-state index in [2.05, 4.69) is 5.32 Å². The number of barbiturate groups is 1. The van der Waals surface area contributed by atoms with Crippen molar-refractivity contribution < 1.29 is 18.8 Å². The Kier molecular flexibility index (Phi) is 2.88. The van der Waals surface area contributed by atoms with Gasteiger partial charge in [0.05, 0.1) is 5.69 Å². The molecule has 0 saturated carbocycles. The highest BCUT2D eigenvalue weighted by Crippen LogP contribution is 2.30. The van der Waals surface area contributed by atoms with Crippen LogP contribution < -0.4 is 10.2 Å². The van der Waals surface area contributed by atoms with Crippen molar-refractivity contribution in [2.45, 2.75) is 20.8 Å². The number of benzene rings is 1. The molecule has 2 rings (SSSR count). The third-order valence-corrected chi connectivity index (χ3v) is 3.07. The van der Waals surface area contributed by atoms with Gasteiger partial charge < -0.3 is 0 Å². The molecule has 1 saturated heterocycles. The van der Waals surface area contributed by atoms with E-state index < -0.39 is 29.1 Å². The first-order valence-electron chi connectivity index (χ1n) is 5.71. The minimum absolute atomic E-state index is 0.150. The van der Waals surface area contributed by atoms with Crippen molar-refractivity contribution in [3.05, 3.63) is 29.6 Å². The van der Waals surface area contributed by atoms with Crippen LogP contribution in [0.15, 0.2) is 18.2 Å². The van der Waals surface area contributed by atoms with Gasteiger partial charge in [0.25, 0.3) is 0 Å². The average molecular weight is 264 g/mol. The van der Waals surface area contributed by atoms with Gasteiger partial charge in [-0.2, -0.15) is 0 Å². The predicted molar refractivity (Wildman–Crippen MR) is 65.9 cm³/mol. The first kappa shape index (κ1) is 13.2. The Morgan fingerprint density at radius 1 is 1.21 bits per heavy atom. The molecule has 100 valence electrons. The maximum atomic E-state index is 13.8. The predicted octanol–water partition coefficient (Wildman–Crippen LogP) is 1.74. The number of carbonyl (C=O) groups excluding carboxylic acids is 3. The normalized spacial score (nSPS) is 18.5. The average Bonchev–Trinajstić information content (AvgIpc) is 2.32. The maximum Gasteiger partial charge on any atom is 0.335 e. The molecule has 0 bridgehead atoms. The Bertz CT molecular complexity index is 596. The first-order valence-corrected chi connectivity index (χ1v) is 5.71. The number of anilines is 1. The summed E-state index contributed by atoms with van der Waals surface area (Å²) in [5, 5.41) is 2.06. The van der Waals surface area contributed by atoms with E-state index in [4.69, 9.17) is 0 Å². The third kappa shape index (κ3) is 1.99. The molecule has 4 amide bonds. The Balaban J connectivity index is 2.55. The van der Waals surface area contributed by atoms with Crippen molar-refractivity contribution in [1.29, 1.82) is 0 Å². The van der Waals surface area contributed by atoms with E-state index in [-0.39, 0.29) is 5.69 Å². The van der Waals surface area contributed by atoms with Crippen LogP contribution in [0.3, 0.4) is 0 Å². The van der Waals surface area contributed by atoms with Crippen LogP contribution in [-0.4, -0.2) is 17.8 Å². The molecule has 0 radical (unpaired) electrons. The van der Waals surface area contributed by atoms with Crippen molar-refractivity contribution in [3.8, 4) is 0 Å². The van der Waals surface area contributed by atoms with Crippen LogP contribution in [0.1, 0.15) is 19.4 Å². The van der Waals surface area contributed by atoms with E-state index in [1.807, 2.05) is 0 Å². The van der Waals surface area contributed by atoms with E-state index in [9.17, 15) is 18.8 Å². The number of urea groups is 1. The maximum absolute atomic E-state index is 13.8. The van der Waals surface area contributed by atoms with Crippen molar-refractivity contribution in [1.82, 2.24) is 5.32 Å². The monoisotopic (exact) mass is 264 g/mol. The number of rotatable bonds is 1. The van der Waals surface area contributed by atoms with Crippen molar-refractivity contribution in [2.75, 3.05) is 4.90 Å². The molecule has 0 spiro atoms. The Labute approximate surface area is 109 Å². The molecule has 1 aromatic rings. The van der Waals surface area contributed by atoms with Gasteiger partial charge in [0.1, 0.15) is 11.2 Å². The molecule has 5 nitrogen and oxygen atoms in total. The number of nitrogens with one attached hydrogen (secondary N) is 1. The fourth-order valence-corrected chi connectivity index (χ4v) is 1.79. The van der Waals surface area contributed by atoms with Crippen LogP contribution in [0.25, 0.3) is 0 Å². The van der Waals surface area contributed by atoms with Gasteiger partial charge >= 0.3 is 6.03 Å². The molecule has 1 fully saturated rings. The number of halogens is 1. The lowest BCUT2D eigenvalue weighted by Gasteiger charge is -2.34. The summed E-state index contributed by atoms with van der Waals surface area (Å²) in [4.78, 5) is 36.2. The van der Waals surface area contributed by atoms with E-state index in [1.54, 1.807) is 6.92 Å². The topological polar surface area (TPSA) is 66.5 Å². The highest BCUT2D eigenvalue weighted by atomic mass is 19.1. The number of carbonyl (C=O) groups is 3. The van der Waals surface area contributed by atoms with Crippen LogP contribution in [0.2, 0.25) is 0 Å². The summed E-state index contributed by atoms with van der Waals surface area (Å²) in [6.45, 7) is 4.49. The lowest BCUT2D eigenvalue weighted by Crippen LogP contribution is -2.62. The molecule has 0 aromatic heterocycles. The smallest absolute Gasteiger partial charge is 0.276 e. The van der Waals surface area contributed by atoms with Gasteiger partial charge in [-0.05, 0) is 38.5 Å². The quantitative estimate of drug-likeness (QED) is 0.786. The zero-order chi connectivity index (χ0) is 14.4. The van der Waals surface area contributed by atoms with Gasteiger partial charge in [0.15, 0.2) is 0 Å². The molecule has 1 aliphatic heterocycles. The number of imide groups is 2. The van der Waals surface area contributed by atoms with E-state index in [0.29, 0.717) is 10.5 Å². The molecule has 1 N–H and O–H groups in total. The summed E-state index contributed by atoms with van der Waals surface area (Å²) in [6, 6.07) is 3.16. The molecule has 0 aliphatic carbocycles. The third-order valence-electron chi connectivity index (χ3n) is 3.07. The second-order valence-electron chi connectivity index (χ2n) is 4.98. The van der Waals surface area contributed by atoms with E-state index >= 15 is 0 Å². The molecule has 1 aromatic carbocycles. The standard InChI is InChI=1S/C13H13FN2O3/c1-7-4-5-8(14)9(6-7)16-11(18)13(2,3)10(17)15-12(16)19/h4-6H,1-3H3,(H,15,17,19). The second-order valence-corrected chi connectivity index (χ2v) is 4.98. The van der Waals surface area contributed by atoms with E-state index in [1.165, 1.54) is 32.0 Å². The fraction of sp³-hybridized carbons (Fsp3) is 0.308. The summed E-state index contributed by atoms with van der Waals surface area (Å²) in [7, 11) is 0. The lowest BCUT2D eigenvalue weighted by molar-refractivity contribution is -0.140. The molecule has 1 heterocycles. The molecule has 0 atom stereocenters. The lowest BCUT2D eigenvalue weighted by atomic mass is 9.88. The van der Waals surface area contributed by atoms with Crippen LogP contribution in [0, 0.1) is 18.2 Å². The van der Waals surface area contributed by atoms with Gasteiger partial charge in [-0.15, -0.1) is 0 Å². The number of amides is 4. The van der Waals surface area contributed by atoms with Crippen molar-refractivity contribution in [2.24, 2.45) is 5.41 Å². The highest BCUT2D eigenvalue weighted by molar-refractivity contribution is 6.29. The summed E-state index contributed by atoms with van der Waals surface area (Å²) >= 11 is 0. The SMILES string of the molecule is Cc1ccc(F)c(N2C(=O)NC(=O)C(C)(C)C2=O)c1. The van der Waals surface area contributed by atoms with Gasteiger partial charge in [-0.25, -0.2) is 14.1 Å². The summed E-state index contributed by atoms with van der Waals surface area (Å²) < 4.78 is 13.8. The summed E-state index contributed by atoms with van der Waals surface area (Å²) in [6.07, 6.45) is 0. The number of hydrogen-bond acceptors (Lipinski definition) is 3. The second kappa shape index (κ2) is 4.15. The van der Waals surface area contributed by atoms with Crippen LogP contribution in [-0.2, 0) is 9.59 Å². The number of nitrogens with zero attached hydrogens (tertiary/aromatic N) is 1. The number of hydrogen-bond donors (Lipinski definition) is 1. The van der Waals surface area contributed by atoms with Crippen LogP contribution >= 0.6 is 0 Å². The molecule has 19 heavy (non-hydrogen) atoms. The molecular formula is C13H13FN2O3. The van der Waals surface area contributed by atoms with Gasteiger partial charge in [-0.1, -0.05) is 6.07 Å². The molecular weight excluding hydrogens is 251 g/mol. The molecule has 6 heteroatoms. The largest absolute Gasteiger partial charge is 0.335 e. The van der Waals surface area contributed by atoms with Crippen molar-refractivity contribution in [3.63, 3.8) is 0 Å². The highest BCUT2D eigenvalue weighted by Gasteiger charge is 2.48. The zero-order valence-corrected chi connectivity index (χ0v) is 10.8. The summed E-state index contributed by atoms with van der Waals surface area (Å²) in [5.41, 5.74) is -0.862. The zero-order valence-electron chi connectivity index (χ0n) is 10.8. The minimum atomic E-state index is -1.41. The number of aryl methyl sites for hydroxylation is 1.